The lowest BCUT2D eigenvalue weighted by molar-refractivity contribution is 0.0936. The minimum absolute atomic E-state index is 0.145. The van der Waals surface area contributed by atoms with E-state index >= 15 is 0 Å². The molecule has 4 N–H and O–H groups in total. The molecular weight excluding hydrogens is 440 g/mol. The van der Waals surface area contributed by atoms with Crippen LogP contribution in [-0.4, -0.2) is 45.0 Å². The van der Waals surface area contributed by atoms with Gasteiger partial charge in [-0.25, -0.2) is 15.0 Å². The Balaban J connectivity index is 1.29. The quantitative estimate of drug-likeness (QED) is 0.306. The molecule has 11 heteroatoms. The number of aromatic amines is 1. The fraction of sp³-hybridized carbons (Fsp3) is 0.227. The number of amides is 1. The molecule has 0 atom stereocenters. The highest BCUT2D eigenvalue weighted by Gasteiger charge is 2.31. The molecule has 0 aliphatic heterocycles. The number of fused-ring (bicyclic) bond motifs is 1. The molecule has 0 radical (unpaired) electrons. The van der Waals surface area contributed by atoms with Crippen LogP contribution in [0.2, 0.25) is 0 Å². The number of carbonyl (C=O) groups is 1. The SMILES string of the molecule is CNC(=O)c1cnc(-c2cnc3[nH]ccc3c2NC2CC(NSc3cc(C#N)ccn3)C2)o1. The number of nitrogens with zero attached hydrogens (tertiary/aromatic N) is 4. The average Bonchev–Trinajstić information content (AvgIpc) is 3.50. The molecule has 166 valence electrons. The maximum absolute atomic E-state index is 11.9. The number of H-pyrrole nitrogens is 1. The minimum Gasteiger partial charge on any atom is -0.431 e. The number of oxazole rings is 1. The first kappa shape index (κ1) is 21.0. The number of hydrogen-bond acceptors (Lipinski definition) is 9. The van der Waals surface area contributed by atoms with E-state index in [4.69, 9.17) is 9.68 Å². The van der Waals surface area contributed by atoms with Crippen LogP contribution < -0.4 is 15.4 Å². The van der Waals surface area contributed by atoms with Gasteiger partial charge in [0.2, 0.25) is 11.7 Å². The van der Waals surface area contributed by atoms with E-state index in [1.165, 1.54) is 18.1 Å². The van der Waals surface area contributed by atoms with Crippen molar-refractivity contribution in [3.63, 3.8) is 0 Å². The van der Waals surface area contributed by atoms with Crippen molar-refractivity contribution in [3.8, 4) is 17.5 Å². The highest BCUT2D eigenvalue weighted by molar-refractivity contribution is 7.97. The van der Waals surface area contributed by atoms with Gasteiger partial charge in [0.1, 0.15) is 10.7 Å². The van der Waals surface area contributed by atoms with Gasteiger partial charge in [0, 0.05) is 43.1 Å². The maximum Gasteiger partial charge on any atom is 0.288 e. The van der Waals surface area contributed by atoms with Crippen LogP contribution >= 0.6 is 11.9 Å². The maximum atomic E-state index is 11.9. The molecule has 33 heavy (non-hydrogen) atoms. The summed E-state index contributed by atoms with van der Waals surface area (Å²) < 4.78 is 9.10. The molecule has 1 aliphatic rings. The molecule has 1 fully saturated rings. The summed E-state index contributed by atoms with van der Waals surface area (Å²) in [6, 6.07) is 8.09. The molecule has 1 amide bonds. The molecule has 4 heterocycles. The Bertz CT molecular complexity index is 1350. The molecule has 0 unspecified atom stereocenters. The lowest BCUT2D eigenvalue weighted by Gasteiger charge is -2.37. The number of anilines is 1. The molecule has 1 aliphatic carbocycles. The molecule has 0 saturated heterocycles. The first-order valence-electron chi connectivity index (χ1n) is 10.3. The van der Waals surface area contributed by atoms with Gasteiger partial charge in [-0.3, -0.25) is 9.52 Å². The van der Waals surface area contributed by atoms with Crippen LogP contribution in [0.3, 0.4) is 0 Å². The summed E-state index contributed by atoms with van der Waals surface area (Å²) in [5.41, 5.74) is 2.91. The van der Waals surface area contributed by atoms with Crippen LogP contribution in [0.25, 0.3) is 22.5 Å². The summed E-state index contributed by atoms with van der Waals surface area (Å²) in [5.74, 6) is 0.144. The van der Waals surface area contributed by atoms with Crippen molar-refractivity contribution in [2.75, 3.05) is 12.4 Å². The summed E-state index contributed by atoms with van der Waals surface area (Å²) in [6.45, 7) is 0. The third kappa shape index (κ3) is 4.26. The smallest absolute Gasteiger partial charge is 0.288 e. The van der Waals surface area contributed by atoms with Crippen LogP contribution in [0.15, 0.2) is 52.4 Å². The van der Waals surface area contributed by atoms with Crippen molar-refractivity contribution in [1.29, 1.82) is 5.26 Å². The summed E-state index contributed by atoms with van der Waals surface area (Å²) in [5, 5.41) is 16.9. The molecule has 10 nitrogen and oxygen atoms in total. The fourth-order valence-corrected chi connectivity index (χ4v) is 4.45. The summed E-state index contributed by atoms with van der Waals surface area (Å²) in [4.78, 5) is 28.0. The van der Waals surface area contributed by atoms with Crippen molar-refractivity contribution in [1.82, 2.24) is 30.0 Å². The summed E-state index contributed by atoms with van der Waals surface area (Å²) in [6.07, 6.45) is 8.40. The Morgan fingerprint density at radius 3 is 2.94 bits per heavy atom. The van der Waals surface area contributed by atoms with Crippen molar-refractivity contribution in [2.24, 2.45) is 0 Å². The zero-order chi connectivity index (χ0) is 22.8. The van der Waals surface area contributed by atoms with Crippen LogP contribution in [-0.2, 0) is 0 Å². The van der Waals surface area contributed by atoms with E-state index < -0.39 is 0 Å². The Labute approximate surface area is 193 Å². The Morgan fingerprint density at radius 2 is 2.12 bits per heavy atom. The topological polar surface area (TPSA) is 145 Å². The lowest BCUT2D eigenvalue weighted by atomic mass is 9.87. The largest absolute Gasteiger partial charge is 0.431 e. The van der Waals surface area contributed by atoms with Gasteiger partial charge in [0.05, 0.1) is 29.1 Å². The fourth-order valence-electron chi connectivity index (χ4n) is 3.67. The number of rotatable bonds is 7. The van der Waals surface area contributed by atoms with Gasteiger partial charge < -0.3 is 20.0 Å². The molecule has 1 saturated carbocycles. The van der Waals surface area contributed by atoms with E-state index in [0.29, 0.717) is 23.1 Å². The van der Waals surface area contributed by atoms with Crippen molar-refractivity contribution in [2.45, 2.75) is 30.0 Å². The molecular formula is C22H20N8O2S. The molecule has 4 aromatic rings. The second-order valence-electron chi connectivity index (χ2n) is 7.62. The van der Waals surface area contributed by atoms with Crippen LogP contribution in [0, 0.1) is 11.3 Å². The third-order valence-electron chi connectivity index (χ3n) is 5.45. The van der Waals surface area contributed by atoms with Gasteiger partial charge in [-0.15, -0.1) is 0 Å². The van der Waals surface area contributed by atoms with E-state index in [9.17, 15) is 4.79 Å². The number of nitrogens with one attached hydrogen (secondary N) is 4. The standard InChI is InChI=1S/C22H20N8O2S/c1-24-21(31)17-11-28-22(32-17)16-10-27-20-15(3-5-26-20)19(16)29-13-7-14(8-13)30-33-18-6-12(9-23)2-4-25-18/h2-6,10-11,13-14,30H,7-8H2,1H3,(H,24,31)(H2,26,27,29). The lowest BCUT2D eigenvalue weighted by Crippen LogP contribution is -2.45. The zero-order valence-corrected chi connectivity index (χ0v) is 18.4. The molecule has 0 bridgehead atoms. The van der Waals surface area contributed by atoms with Crippen LogP contribution in [0.1, 0.15) is 29.0 Å². The van der Waals surface area contributed by atoms with Gasteiger partial charge in [0.25, 0.3) is 5.91 Å². The van der Waals surface area contributed by atoms with Gasteiger partial charge in [0.15, 0.2) is 0 Å². The van der Waals surface area contributed by atoms with Gasteiger partial charge in [-0.05, 0) is 43.0 Å². The first-order valence-corrected chi connectivity index (χ1v) is 11.2. The number of carbonyl (C=O) groups excluding carboxylic acids is 1. The Hall–Kier alpha value is -3.88. The Morgan fingerprint density at radius 1 is 1.24 bits per heavy atom. The monoisotopic (exact) mass is 460 g/mol. The van der Waals surface area contributed by atoms with E-state index in [1.54, 1.807) is 31.6 Å². The zero-order valence-electron chi connectivity index (χ0n) is 17.6. The van der Waals surface area contributed by atoms with E-state index in [0.717, 1.165) is 34.6 Å². The number of nitriles is 1. The van der Waals surface area contributed by atoms with Crippen molar-refractivity contribution in [3.05, 3.63) is 54.3 Å². The van der Waals surface area contributed by atoms with Gasteiger partial charge in [-0.2, -0.15) is 5.26 Å². The molecule has 0 aromatic carbocycles. The summed E-state index contributed by atoms with van der Waals surface area (Å²) in [7, 11) is 1.54. The predicted molar refractivity (Wildman–Crippen MR) is 123 cm³/mol. The van der Waals surface area contributed by atoms with Gasteiger partial charge in [-0.1, -0.05) is 0 Å². The Kier molecular flexibility index (Phi) is 5.68. The highest BCUT2D eigenvalue weighted by Crippen LogP contribution is 2.36. The third-order valence-corrected chi connectivity index (χ3v) is 6.34. The normalized spacial score (nSPS) is 17.3. The van der Waals surface area contributed by atoms with Gasteiger partial charge >= 0.3 is 0 Å². The number of hydrogen-bond donors (Lipinski definition) is 4. The van der Waals surface area contributed by atoms with E-state index in [-0.39, 0.29) is 17.7 Å². The molecule has 4 aromatic heterocycles. The predicted octanol–water partition coefficient (Wildman–Crippen LogP) is 3.08. The number of pyridine rings is 2. The molecule has 0 spiro atoms. The van der Waals surface area contributed by atoms with Crippen LogP contribution in [0.5, 0.6) is 0 Å². The van der Waals surface area contributed by atoms with Crippen molar-refractivity contribution >= 4 is 34.6 Å². The second kappa shape index (κ2) is 8.93. The highest BCUT2D eigenvalue weighted by atomic mass is 32.2. The molecule has 5 rings (SSSR count). The second-order valence-corrected chi connectivity index (χ2v) is 8.48. The first-order chi connectivity index (χ1) is 16.1. The average molecular weight is 461 g/mol. The summed E-state index contributed by atoms with van der Waals surface area (Å²) >= 11 is 1.44. The van der Waals surface area contributed by atoms with Crippen molar-refractivity contribution < 1.29 is 9.21 Å². The van der Waals surface area contributed by atoms with E-state index in [1.807, 2.05) is 12.3 Å². The minimum atomic E-state index is -0.334. The van der Waals surface area contributed by atoms with Crippen LogP contribution in [0.4, 0.5) is 5.69 Å². The van der Waals surface area contributed by atoms with E-state index in [2.05, 4.69) is 41.4 Å². The number of aromatic nitrogens is 4.